The molecule has 0 spiro atoms. The Labute approximate surface area is 157 Å². The summed E-state index contributed by atoms with van der Waals surface area (Å²) in [6.45, 7) is 4.52. The molecule has 3 aliphatic heterocycles. The van der Waals surface area contributed by atoms with Gasteiger partial charge in [-0.25, -0.2) is 0 Å². The van der Waals surface area contributed by atoms with E-state index in [1.807, 2.05) is 18.2 Å². The predicted octanol–water partition coefficient (Wildman–Crippen LogP) is 4.20. The highest BCUT2D eigenvalue weighted by Gasteiger charge is 2.40. The van der Waals surface area contributed by atoms with Crippen LogP contribution in [0.4, 0.5) is 0 Å². The van der Waals surface area contributed by atoms with Gasteiger partial charge in [-0.2, -0.15) is 0 Å². The van der Waals surface area contributed by atoms with Crippen molar-refractivity contribution in [3.05, 3.63) is 46.1 Å². The maximum atomic E-state index is 12.7. The fourth-order valence-corrected chi connectivity index (χ4v) is 4.68. The minimum absolute atomic E-state index is 0.0538. The van der Waals surface area contributed by atoms with Gasteiger partial charge in [-0.3, -0.25) is 9.69 Å². The van der Waals surface area contributed by atoms with Gasteiger partial charge in [0.15, 0.2) is 0 Å². The third-order valence-corrected chi connectivity index (χ3v) is 6.18. The number of benzene rings is 1. The molecule has 3 saturated heterocycles. The van der Waals surface area contributed by atoms with Crippen molar-refractivity contribution in [2.24, 2.45) is 5.92 Å². The second-order valence-corrected chi connectivity index (χ2v) is 7.87. The number of aromatic amines is 1. The van der Waals surface area contributed by atoms with Gasteiger partial charge in [0.2, 0.25) is 0 Å². The third-order valence-electron chi connectivity index (χ3n) is 5.63. The molecule has 5 rings (SSSR count). The summed E-state index contributed by atoms with van der Waals surface area (Å²) < 4.78 is 0. The maximum absolute atomic E-state index is 12.7. The van der Waals surface area contributed by atoms with Gasteiger partial charge in [-0.05, 0) is 69.1 Å². The number of aromatic nitrogens is 1. The Hall–Kier alpha value is -1.49. The molecule has 0 saturated carbocycles. The van der Waals surface area contributed by atoms with Crippen LogP contribution in [0.2, 0.25) is 10.0 Å². The van der Waals surface area contributed by atoms with E-state index in [-0.39, 0.29) is 11.9 Å². The van der Waals surface area contributed by atoms with E-state index in [0.29, 0.717) is 27.7 Å². The van der Waals surface area contributed by atoms with Crippen LogP contribution in [0.25, 0.3) is 11.3 Å². The molecule has 2 N–H and O–H groups in total. The summed E-state index contributed by atoms with van der Waals surface area (Å²) in [4.78, 5) is 18.4. The molecule has 0 aliphatic carbocycles. The molecule has 2 aromatic rings. The summed E-state index contributed by atoms with van der Waals surface area (Å²) in [6.07, 6.45) is 2.34. The SMILES string of the molecule is C[C@@H]1[C@H](NC(=O)c2ccc(-c3ccc(Cl)cc3Cl)[nH]2)C2CCN1CC2. The van der Waals surface area contributed by atoms with Gasteiger partial charge in [-0.15, -0.1) is 0 Å². The first kappa shape index (κ1) is 17.0. The number of rotatable bonds is 3. The van der Waals surface area contributed by atoms with Crippen LogP contribution in [-0.4, -0.2) is 41.0 Å². The molecular formula is C19H21Cl2N3O. The van der Waals surface area contributed by atoms with Crippen LogP contribution in [0.3, 0.4) is 0 Å². The number of hydrogen-bond donors (Lipinski definition) is 2. The molecule has 4 nitrogen and oxygen atoms in total. The number of nitrogens with zero attached hydrogens (tertiary/aromatic N) is 1. The molecule has 132 valence electrons. The lowest BCUT2D eigenvalue weighted by Gasteiger charge is -2.49. The Kier molecular flexibility index (Phi) is 4.52. The van der Waals surface area contributed by atoms with Crippen LogP contribution >= 0.6 is 23.2 Å². The summed E-state index contributed by atoms with van der Waals surface area (Å²) in [5.74, 6) is 0.533. The first-order valence-electron chi connectivity index (χ1n) is 8.72. The number of halogens is 2. The highest BCUT2D eigenvalue weighted by molar-refractivity contribution is 6.36. The van der Waals surface area contributed by atoms with Crippen molar-refractivity contribution in [2.75, 3.05) is 13.1 Å². The van der Waals surface area contributed by atoms with Crippen LogP contribution in [0.5, 0.6) is 0 Å². The zero-order chi connectivity index (χ0) is 17.6. The average molecular weight is 378 g/mol. The van der Waals surface area contributed by atoms with E-state index in [1.54, 1.807) is 12.1 Å². The molecule has 3 fully saturated rings. The molecule has 25 heavy (non-hydrogen) atoms. The van der Waals surface area contributed by atoms with Gasteiger partial charge < -0.3 is 10.3 Å². The number of piperidine rings is 3. The largest absolute Gasteiger partial charge is 0.351 e. The minimum atomic E-state index is -0.0538. The van der Waals surface area contributed by atoms with Crippen LogP contribution in [0.1, 0.15) is 30.3 Å². The van der Waals surface area contributed by atoms with Crippen molar-refractivity contribution >= 4 is 29.1 Å². The van der Waals surface area contributed by atoms with E-state index < -0.39 is 0 Å². The lowest BCUT2D eigenvalue weighted by atomic mass is 9.79. The summed E-state index contributed by atoms with van der Waals surface area (Å²) in [5, 5.41) is 4.39. The minimum Gasteiger partial charge on any atom is -0.351 e. The number of fused-ring (bicyclic) bond motifs is 3. The molecule has 4 heterocycles. The van der Waals surface area contributed by atoms with E-state index >= 15 is 0 Å². The molecule has 1 aromatic heterocycles. The van der Waals surface area contributed by atoms with E-state index in [1.165, 1.54) is 12.8 Å². The van der Waals surface area contributed by atoms with Crippen molar-refractivity contribution in [3.8, 4) is 11.3 Å². The fraction of sp³-hybridized carbons (Fsp3) is 0.421. The molecule has 1 amide bonds. The molecule has 1 aromatic carbocycles. The van der Waals surface area contributed by atoms with Crippen molar-refractivity contribution < 1.29 is 4.79 Å². The number of hydrogen-bond acceptors (Lipinski definition) is 2. The third kappa shape index (κ3) is 3.19. The molecule has 2 bridgehead atoms. The second kappa shape index (κ2) is 6.67. The quantitative estimate of drug-likeness (QED) is 0.841. The van der Waals surface area contributed by atoms with Crippen molar-refractivity contribution in [1.82, 2.24) is 15.2 Å². The zero-order valence-corrected chi connectivity index (χ0v) is 15.6. The van der Waals surface area contributed by atoms with Crippen molar-refractivity contribution in [1.29, 1.82) is 0 Å². The maximum Gasteiger partial charge on any atom is 0.267 e. The number of carbonyl (C=O) groups excluding carboxylic acids is 1. The van der Waals surface area contributed by atoms with Gasteiger partial charge in [0, 0.05) is 28.4 Å². The van der Waals surface area contributed by atoms with Gasteiger partial charge in [0.25, 0.3) is 5.91 Å². The highest BCUT2D eigenvalue weighted by atomic mass is 35.5. The van der Waals surface area contributed by atoms with Gasteiger partial charge in [0.1, 0.15) is 5.69 Å². The fourth-order valence-electron chi connectivity index (χ4n) is 4.17. The zero-order valence-electron chi connectivity index (χ0n) is 14.1. The number of nitrogens with one attached hydrogen (secondary N) is 2. The van der Waals surface area contributed by atoms with E-state index in [9.17, 15) is 4.79 Å². The Balaban J connectivity index is 1.51. The molecule has 0 unspecified atom stereocenters. The van der Waals surface area contributed by atoms with Crippen LogP contribution in [0.15, 0.2) is 30.3 Å². The Morgan fingerprint density at radius 2 is 1.96 bits per heavy atom. The molecule has 6 heteroatoms. The standard InChI is InChI=1S/C19H21Cl2N3O/c1-11-18(12-6-8-24(11)9-7-12)23-19(25)17-5-4-16(22-17)14-3-2-13(20)10-15(14)21/h2-5,10-12,18,22H,6-9H2,1H3,(H,23,25)/t11-,18+/m1/s1. The summed E-state index contributed by atoms with van der Waals surface area (Å²) in [7, 11) is 0. The van der Waals surface area contributed by atoms with Crippen molar-refractivity contribution in [3.63, 3.8) is 0 Å². The first-order valence-corrected chi connectivity index (χ1v) is 9.48. The van der Waals surface area contributed by atoms with Gasteiger partial charge in [-0.1, -0.05) is 23.2 Å². The molecule has 2 atom stereocenters. The lowest BCUT2D eigenvalue weighted by molar-refractivity contribution is 0.0216. The van der Waals surface area contributed by atoms with Crippen LogP contribution in [-0.2, 0) is 0 Å². The van der Waals surface area contributed by atoms with E-state index in [4.69, 9.17) is 23.2 Å². The predicted molar refractivity (Wildman–Crippen MR) is 101 cm³/mol. The van der Waals surface area contributed by atoms with Gasteiger partial charge >= 0.3 is 0 Å². The van der Waals surface area contributed by atoms with E-state index in [2.05, 4.69) is 22.1 Å². The topological polar surface area (TPSA) is 48.1 Å². The van der Waals surface area contributed by atoms with Crippen molar-refractivity contribution in [2.45, 2.75) is 31.8 Å². The summed E-state index contributed by atoms with van der Waals surface area (Å²) >= 11 is 12.2. The monoisotopic (exact) mass is 377 g/mol. The molecular weight excluding hydrogens is 357 g/mol. The van der Waals surface area contributed by atoms with Crippen LogP contribution < -0.4 is 5.32 Å². The second-order valence-electron chi connectivity index (χ2n) is 7.02. The Bertz CT molecular complexity index is 794. The number of carbonyl (C=O) groups is 1. The summed E-state index contributed by atoms with van der Waals surface area (Å²) in [5.41, 5.74) is 2.21. The van der Waals surface area contributed by atoms with Gasteiger partial charge in [0.05, 0.1) is 5.02 Å². The first-order chi connectivity index (χ1) is 12.0. The number of H-pyrrole nitrogens is 1. The normalized spacial score (nSPS) is 28.1. The molecule has 0 radical (unpaired) electrons. The van der Waals surface area contributed by atoms with E-state index in [0.717, 1.165) is 24.3 Å². The number of amides is 1. The smallest absolute Gasteiger partial charge is 0.267 e. The van der Waals surface area contributed by atoms with Crippen LogP contribution in [0, 0.1) is 5.92 Å². The Morgan fingerprint density at radius 1 is 1.20 bits per heavy atom. The lowest BCUT2D eigenvalue weighted by Crippen LogP contribution is -2.62. The average Bonchev–Trinajstić information content (AvgIpc) is 3.08. The molecule has 3 aliphatic rings. The Morgan fingerprint density at radius 3 is 2.64 bits per heavy atom. The highest BCUT2D eigenvalue weighted by Crippen LogP contribution is 2.33. The summed E-state index contributed by atoms with van der Waals surface area (Å²) in [6, 6.07) is 9.66.